The second-order valence-corrected chi connectivity index (χ2v) is 6.20. The lowest BCUT2D eigenvalue weighted by Gasteiger charge is -2.25. The minimum Gasteiger partial charge on any atom is -0.378 e. The first-order chi connectivity index (χ1) is 12.7. The second kappa shape index (κ2) is 10.7. The number of anilines is 1. The van der Waals surface area contributed by atoms with E-state index in [0.29, 0.717) is 18.9 Å². The number of carbonyl (C=O) groups excluding carboxylic acids is 2. The quantitative estimate of drug-likeness (QED) is 0.708. The smallest absolute Gasteiger partial charge is 0.251 e. The molecule has 0 radical (unpaired) electrons. The number of hydrogen-bond acceptors (Lipinski definition) is 4. The molecular weight excluding hydrogens is 366 g/mol. The van der Waals surface area contributed by atoms with Crippen molar-refractivity contribution in [1.82, 2.24) is 10.6 Å². The number of rotatable bonds is 6. The fourth-order valence-corrected chi connectivity index (χ4v) is 2.88. The number of nitrogens with one attached hydrogen (secondary N) is 3. The van der Waals surface area contributed by atoms with Gasteiger partial charge in [-0.25, -0.2) is 0 Å². The van der Waals surface area contributed by atoms with Crippen molar-refractivity contribution in [2.75, 3.05) is 25.1 Å². The molecule has 1 heterocycles. The first-order valence-electron chi connectivity index (χ1n) is 8.74. The summed E-state index contributed by atoms with van der Waals surface area (Å²) in [5.74, 6) is -0.464. The van der Waals surface area contributed by atoms with Gasteiger partial charge in [0.25, 0.3) is 5.91 Å². The molecule has 2 aromatic rings. The molecule has 3 rings (SSSR count). The number of amides is 2. The van der Waals surface area contributed by atoms with Crippen LogP contribution in [0.4, 0.5) is 5.69 Å². The molecule has 2 atom stereocenters. The minimum absolute atomic E-state index is 0. The molecule has 3 N–H and O–H groups in total. The molecule has 144 valence electrons. The summed E-state index contributed by atoms with van der Waals surface area (Å²) in [5, 5.41) is 8.96. The number of halogens is 1. The summed E-state index contributed by atoms with van der Waals surface area (Å²) < 4.78 is 5.38. The van der Waals surface area contributed by atoms with E-state index in [1.165, 1.54) is 0 Å². The molecule has 0 saturated carbocycles. The Morgan fingerprint density at radius 1 is 1.07 bits per heavy atom. The summed E-state index contributed by atoms with van der Waals surface area (Å²) in [7, 11) is 0. The van der Waals surface area contributed by atoms with Crippen molar-refractivity contribution >= 4 is 29.9 Å². The van der Waals surface area contributed by atoms with Gasteiger partial charge in [-0.1, -0.05) is 48.5 Å². The monoisotopic (exact) mass is 389 g/mol. The van der Waals surface area contributed by atoms with Gasteiger partial charge in [0.15, 0.2) is 0 Å². The molecule has 1 aliphatic rings. The van der Waals surface area contributed by atoms with Crippen LogP contribution in [0.25, 0.3) is 0 Å². The molecule has 2 unspecified atom stereocenters. The van der Waals surface area contributed by atoms with Crippen LogP contribution < -0.4 is 16.0 Å². The van der Waals surface area contributed by atoms with Gasteiger partial charge in [-0.05, 0) is 17.7 Å². The van der Waals surface area contributed by atoms with Crippen LogP contribution in [0.1, 0.15) is 18.0 Å². The zero-order valence-electron chi connectivity index (χ0n) is 14.9. The van der Waals surface area contributed by atoms with Crippen LogP contribution in [0.2, 0.25) is 0 Å². The van der Waals surface area contributed by atoms with E-state index in [2.05, 4.69) is 16.0 Å². The lowest BCUT2D eigenvalue weighted by Crippen LogP contribution is -2.45. The Labute approximate surface area is 165 Å². The first-order valence-corrected chi connectivity index (χ1v) is 8.74. The molecule has 27 heavy (non-hydrogen) atoms. The molecule has 0 spiro atoms. The molecular formula is C20H24ClN3O3. The van der Waals surface area contributed by atoms with Crippen molar-refractivity contribution in [2.45, 2.75) is 18.5 Å². The van der Waals surface area contributed by atoms with E-state index in [4.69, 9.17) is 4.74 Å². The van der Waals surface area contributed by atoms with Crippen LogP contribution in [-0.2, 0) is 14.3 Å². The van der Waals surface area contributed by atoms with Crippen molar-refractivity contribution in [3.8, 4) is 0 Å². The van der Waals surface area contributed by atoms with Gasteiger partial charge in [0, 0.05) is 24.7 Å². The third-order valence-corrected chi connectivity index (χ3v) is 4.17. The summed E-state index contributed by atoms with van der Waals surface area (Å²) in [6.07, 6.45) is 0.266. The summed E-state index contributed by atoms with van der Waals surface area (Å²) in [6, 6.07) is 17.6. The topological polar surface area (TPSA) is 79.5 Å². The average molecular weight is 390 g/mol. The number of para-hydroxylation sites is 1. The van der Waals surface area contributed by atoms with Gasteiger partial charge in [0.05, 0.1) is 13.2 Å². The number of morpholine rings is 1. The molecule has 0 aromatic heterocycles. The molecule has 7 heteroatoms. The zero-order chi connectivity index (χ0) is 18.2. The van der Waals surface area contributed by atoms with Crippen LogP contribution in [0.3, 0.4) is 0 Å². The molecule has 2 amide bonds. The zero-order valence-corrected chi connectivity index (χ0v) is 15.7. The van der Waals surface area contributed by atoms with Crippen LogP contribution in [0.5, 0.6) is 0 Å². The highest BCUT2D eigenvalue weighted by Gasteiger charge is 2.25. The third-order valence-electron chi connectivity index (χ3n) is 4.17. The van der Waals surface area contributed by atoms with Gasteiger partial charge in [-0.2, -0.15) is 0 Å². The van der Waals surface area contributed by atoms with Gasteiger partial charge in [-0.3, -0.25) is 9.59 Å². The lowest BCUT2D eigenvalue weighted by molar-refractivity contribution is -0.127. The van der Waals surface area contributed by atoms with E-state index >= 15 is 0 Å². The second-order valence-electron chi connectivity index (χ2n) is 6.20. The standard InChI is InChI=1S/C20H23N3O3.ClH/c24-18(13-17-14-26-12-11-21-17)23-19(15-7-3-1-4-8-15)20(25)22-16-9-5-2-6-10-16;/h1-10,17,19,21H,11-14H2,(H,22,25)(H,23,24);1H. The first kappa shape index (κ1) is 20.9. The van der Waals surface area contributed by atoms with Gasteiger partial charge in [0.2, 0.25) is 5.91 Å². The van der Waals surface area contributed by atoms with Crippen molar-refractivity contribution in [1.29, 1.82) is 0 Å². The maximum absolute atomic E-state index is 12.8. The summed E-state index contributed by atoms with van der Waals surface area (Å²) in [5.41, 5.74) is 1.43. The maximum Gasteiger partial charge on any atom is 0.251 e. The van der Waals surface area contributed by atoms with E-state index in [1.54, 1.807) is 0 Å². The van der Waals surface area contributed by atoms with Crippen molar-refractivity contribution in [2.24, 2.45) is 0 Å². The Morgan fingerprint density at radius 3 is 2.37 bits per heavy atom. The molecule has 2 aromatic carbocycles. The van der Waals surface area contributed by atoms with E-state index in [-0.39, 0.29) is 36.7 Å². The summed E-state index contributed by atoms with van der Waals surface area (Å²) in [4.78, 5) is 25.2. The van der Waals surface area contributed by atoms with Crippen LogP contribution >= 0.6 is 12.4 Å². The predicted molar refractivity (Wildman–Crippen MR) is 107 cm³/mol. The molecule has 6 nitrogen and oxygen atoms in total. The Kier molecular flexibility index (Phi) is 8.26. The Hall–Kier alpha value is -2.41. The van der Waals surface area contributed by atoms with Crippen molar-refractivity contribution < 1.29 is 14.3 Å². The summed E-state index contributed by atoms with van der Waals surface area (Å²) >= 11 is 0. The maximum atomic E-state index is 12.8. The van der Waals surface area contributed by atoms with E-state index < -0.39 is 6.04 Å². The minimum atomic E-state index is -0.756. The number of ether oxygens (including phenoxy) is 1. The Balaban J connectivity index is 0.00000261. The number of carbonyl (C=O) groups is 2. The van der Waals surface area contributed by atoms with E-state index in [0.717, 1.165) is 12.1 Å². The number of hydrogen-bond donors (Lipinski definition) is 3. The molecule has 1 saturated heterocycles. The highest BCUT2D eigenvalue weighted by molar-refractivity contribution is 5.97. The third kappa shape index (κ3) is 6.36. The van der Waals surface area contributed by atoms with Crippen LogP contribution in [0, 0.1) is 0 Å². The Morgan fingerprint density at radius 2 is 1.74 bits per heavy atom. The van der Waals surface area contributed by atoms with Gasteiger partial charge in [0.1, 0.15) is 6.04 Å². The fourth-order valence-electron chi connectivity index (χ4n) is 2.88. The summed E-state index contributed by atoms with van der Waals surface area (Å²) in [6.45, 7) is 1.89. The van der Waals surface area contributed by atoms with E-state index in [9.17, 15) is 9.59 Å². The average Bonchev–Trinajstić information content (AvgIpc) is 2.68. The van der Waals surface area contributed by atoms with Gasteiger partial charge < -0.3 is 20.7 Å². The molecule has 0 aliphatic carbocycles. The van der Waals surface area contributed by atoms with Crippen LogP contribution in [-0.4, -0.2) is 37.6 Å². The van der Waals surface area contributed by atoms with E-state index in [1.807, 2.05) is 60.7 Å². The molecule has 0 bridgehead atoms. The molecule has 1 aliphatic heterocycles. The molecule has 1 fully saturated rings. The highest BCUT2D eigenvalue weighted by atomic mass is 35.5. The predicted octanol–water partition coefficient (Wildman–Crippen LogP) is 2.28. The van der Waals surface area contributed by atoms with Gasteiger partial charge in [-0.15, -0.1) is 12.4 Å². The normalized spacial score (nSPS) is 17.3. The number of benzene rings is 2. The van der Waals surface area contributed by atoms with Crippen LogP contribution in [0.15, 0.2) is 60.7 Å². The largest absolute Gasteiger partial charge is 0.378 e. The fraction of sp³-hybridized carbons (Fsp3) is 0.300. The van der Waals surface area contributed by atoms with Crippen molar-refractivity contribution in [3.63, 3.8) is 0 Å². The lowest BCUT2D eigenvalue weighted by atomic mass is 10.1. The van der Waals surface area contributed by atoms with Crippen molar-refractivity contribution in [3.05, 3.63) is 66.2 Å². The Bertz CT molecular complexity index is 722. The SMILES string of the molecule is Cl.O=C(CC1COCCN1)NC(C(=O)Nc1ccccc1)c1ccccc1. The highest BCUT2D eigenvalue weighted by Crippen LogP contribution is 2.16. The van der Waals surface area contributed by atoms with Gasteiger partial charge >= 0.3 is 0 Å².